The molecule has 1 saturated carbocycles. The predicted octanol–water partition coefficient (Wildman–Crippen LogP) is 0.475. The second kappa shape index (κ2) is 1.91. The molecule has 3 nitrogen and oxygen atoms in total. The Hall–Kier alpha value is -1.17. The van der Waals surface area contributed by atoms with Crippen LogP contribution in [0.4, 0.5) is 4.79 Å². The number of hydrogen-bond acceptors (Lipinski definition) is 1. The Morgan fingerprint density at radius 1 is 1.55 bits per heavy atom. The van der Waals surface area contributed by atoms with E-state index >= 15 is 0 Å². The van der Waals surface area contributed by atoms with Gasteiger partial charge >= 0.3 is 6.09 Å². The summed E-state index contributed by atoms with van der Waals surface area (Å²) in [6, 6.07) is 0. The van der Waals surface area contributed by atoms with Crippen LogP contribution in [0, 0.1) is 30.1 Å². The number of piperidine rings is 1. The number of hydrogen-bond donors (Lipinski definition) is 1. The van der Waals surface area contributed by atoms with Crippen molar-refractivity contribution in [3.05, 3.63) is 0 Å². The Kier molecular flexibility index (Phi) is 1.14. The van der Waals surface area contributed by atoms with Crippen molar-refractivity contribution in [3.63, 3.8) is 0 Å². The van der Waals surface area contributed by atoms with Gasteiger partial charge in [0.1, 0.15) is 0 Å². The molecule has 0 aromatic carbocycles. The van der Waals surface area contributed by atoms with E-state index in [1.807, 2.05) is 0 Å². The van der Waals surface area contributed by atoms with Crippen LogP contribution in [-0.4, -0.2) is 29.2 Å². The zero-order valence-electron chi connectivity index (χ0n) is 6.03. The molecule has 2 aliphatic rings. The normalized spacial score (nSPS) is 39.5. The number of carbonyl (C=O) groups is 1. The molecular formula is C8H9NO2. The zero-order valence-corrected chi connectivity index (χ0v) is 6.03. The summed E-state index contributed by atoms with van der Waals surface area (Å²) < 4.78 is 0. The van der Waals surface area contributed by atoms with Gasteiger partial charge in [-0.05, 0) is 11.8 Å². The molecule has 1 saturated heterocycles. The molecule has 1 N–H and O–H groups in total. The monoisotopic (exact) mass is 151 g/mol. The Bertz CT molecular complexity index is 231. The van der Waals surface area contributed by atoms with Crippen molar-refractivity contribution in [2.75, 3.05) is 13.1 Å². The Balaban J connectivity index is 1.95. The van der Waals surface area contributed by atoms with Crippen LogP contribution < -0.4 is 0 Å². The second-order valence-electron chi connectivity index (χ2n) is 3.21. The molecule has 58 valence electrons. The first-order valence-corrected chi connectivity index (χ1v) is 3.68. The highest BCUT2D eigenvalue weighted by atomic mass is 16.4. The van der Waals surface area contributed by atoms with Crippen molar-refractivity contribution in [3.8, 4) is 12.3 Å². The highest BCUT2D eigenvalue weighted by Crippen LogP contribution is 2.50. The molecule has 1 amide bonds. The van der Waals surface area contributed by atoms with E-state index in [1.165, 1.54) is 4.90 Å². The van der Waals surface area contributed by atoms with E-state index in [4.69, 9.17) is 11.5 Å². The number of rotatable bonds is 0. The minimum absolute atomic E-state index is 0.366. The van der Waals surface area contributed by atoms with Gasteiger partial charge in [0.2, 0.25) is 0 Å². The third-order valence-corrected chi connectivity index (χ3v) is 2.66. The molecular weight excluding hydrogens is 142 g/mol. The molecule has 0 aromatic rings. The Morgan fingerprint density at radius 2 is 2.09 bits per heavy atom. The lowest BCUT2D eigenvalue weighted by Gasteiger charge is -2.13. The molecule has 2 rings (SSSR count). The van der Waals surface area contributed by atoms with E-state index < -0.39 is 6.09 Å². The van der Waals surface area contributed by atoms with Crippen LogP contribution in [0.15, 0.2) is 0 Å². The first kappa shape index (κ1) is 6.53. The third-order valence-electron chi connectivity index (χ3n) is 2.66. The van der Waals surface area contributed by atoms with E-state index in [9.17, 15) is 4.79 Å². The summed E-state index contributed by atoms with van der Waals surface area (Å²) in [6.45, 7) is 1.30. The van der Waals surface area contributed by atoms with Gasteiger partial charge in [-0.1, -0.05) is 0 Å². The summed E-state index contributed by atoms with van der Waals surface area (Å²) in [7, 11) is 0. The summed E-state index contributed by atoms with van der Waals surface area (Å²) >= 11 is 0. The highest BCUT2D eigenvalue weighted by molar-refractivity contribution is 5.66. The van der Waals surface area contributed by atoms with E-state index in [1.54, 1.807) is 0 Å². The number of likely N-dealkylation sites (tertiary alicyclic amines) is 1. The van der Waals surface area contributed by atoms with Gasteiger partial charge < -0.3 is 10.0 Å². The smallest absolute Gasteiger partial charge is 0.407 e. The summed E-state index contributed by atoms with van der Waals surface area (Å²) in [5.74, 6) is 3.98. The van der Waals surface area contributed by atoms with Gasteiger partial charge in [0.25, 0.3) is 0 Å². The minimum atomic E-state index is -0.812. The van der Waals surface area contributed by atoms with Gasteiger partial charge in [0.05, 0.1) is 0 Å². The predicted molar refractivity (Wildman–Crippen MR) is 38.9 cm³/mol. The standard InChI is InChI=1S/C8H9NO2/c1-2-5-6-3-9(8(10)11)4-7(5)6/h1,5-7H,3-4H2,(H,10,11). The number of nitrogens with zero attached hydrogens (tertiary/aromatic N) is 1. The first-order chi connectivity index (χ1) is 5.24. The topological polar surface area (TPSA) is 40.5 Å². The molecule has 2 unspecified atom stereocenters. The average Bonchev–Trinajstić information content (AvgIpc) is 2.41. The van der Waals surface area contributed by atoms with Crippen molar-refractivity contribution < 1.29 is 9.90 Å². The van der Waals surface area contributed by atoms with E-state index in [-0.39, 0.29) is 0 Å². The SMILES string of the molecule is C#CC1C2CN(C(=O)O)CC12. The highest BCUT2D eigenvalue weighted by Gasteiger charge is 2.55. The average molecular weight is 151 g/mol. The van der Waals surface area contributed by atoms with Gasteiger partial charge in [0, 0.05) is 19.0 Å². The lowest BCUT2D eigenvalue weighted by atomic mass is 10.3. The molecule has 11 heavy (non-hydrogen) atoms. The largest absolute Gasteiger partial charge is 0.465 e. The Morgan fingerprint density at radius 3 is 2.45 bits per heavy atom. The summed E-state index contributed by atoms with van der Waals surface area (Å²) in [5, 5.41) is 8.58. The van der Waals surface area contributed by atoms with Gasteiger partial charge in [-0.15, -0.1) is 12.3 Å². The first-order valence-electron chi connectivity index (χ1n) is 3.68. The molecule has 0 bridgehead atoms. The third kappa shape index (κ3) is 0.790. The molecule has 0 spiro atoms. The molecule has 0 radical (unpaired) electrons. The van der Waals surface area contributed by atoms with Crippen LogP contribution in [0.3, 0.4) is 0 Å². The van der Waals surface area contributed by atoms with Crippen LogP contribution in [0.5, 0.6) is 0 Å². The Labute approximate surface area is 65.0 Å². The lowest BCUT2D eigenvalue weighted by molar-refractivity contribution is 0.149. The maximum atomic E-state index is 10.4. The van der Waals surface area contributed by atoms with Crippen molar-refractivity contribution in [1.82, 2.24) is 4.90 Å². The van der Waals surface area contributed by atoms with E-state index in [0.29, 0.717) is 30.8 Å². The van der Waals surface area contributed by atoms with Crippen molar-refractivity contribution in [1.29, 1.82) is 0 Å². The quantitative estimate of drug-likeness (QED) is 0.511. The van der Waals surface area contributed by atoms with Gasteiger partial charge in [-0.3, -0.25) is 0 Å². The summed E-state index contributed by atoms with van der Waals surface area (Å²) in [6.07, 6.45) is 4.42. The van der Waals surface area contributed by atoms with Crippen LogP contribution in [-0.2, 0) is 0 Å². The molecule has 0 aromatic heterocycles. The molecule has 1 aliphatic heterocycles. The van der Waals surface area contributed by atoms with Crippen molar-refractivity contribution >= 4 is 6.09 Å². The van der Waals surface area contributed by atoms with Gasteiger partial charge in [-0.2, -0.15) is 0 Å². The minimum Gasteiger partial charge on any atom is -0.465 e. The molecule has 2 fully saturated rings. The summed E-state index contributed by atoms with van der Waals surface area (Å²) in [4.78, 5) is 11.9. The molecule has 1 heterocycles. The summed E-state index contributed by atoms with van der Waals surface area (Å²) in [5.41, 5.74) is 0. The van der Waals surface area contributed by atoms with Crippen molar-refractivity contribution in [2.45, 2.75) is 0 Å². The fourth-order valence-corrected chi connectivity index (χ4v) is 1.93. The van der Waals surface area contributed by atoms with Gasteiger partial charge in [0.15, 0.2) is 0 Å². The molecule has 2 atom stereocenters. The maximum Gasteiger partial charge on any atom is 0.407 e. The van der Waals surface area contributed by atoms with Crippen molar-refractivity contribution in [2.24, 2.45) is 17.8 Å². The lowest BCUT2D eigenvalue weighted by Crippen LogP contribution is -2.29. The van der Waals surface area contributed by atoms with Crippen LogP contribution in [0.2, 0.25) is 0 Å². The molecule has 1 aliphatic carbocycles. The van der Waals surface area contributed by atoms with Gasteiger partial charge in [-0.25, -0.2) is 4.79 Å². The van der Waals surface area contributed by atoms with E-state index in [2.05, 4.69) is 5.92 Å². The zero-order chi connectivity index (χ0) is 8.01. The number of carboxylic acid groups (broad SMARTS) is 1. The molecule has 3 heteroatoms. The van der Waals surface area contributed by atoms with E-state index in [0.717, 1.165) is 0 Å². The fraction of sp³-hybridized carbons (Fsp3) is 0.625. The number of terminal acetylenes is 1. The maximum absolute atomic E-state index is 10.4. The van der Waals surface area contributed by atoms with Crippen LogP contribution >= 0.6 is 0 Å². The number of fused-ring (bicyclic) bond motifs is 1. The van der Waals surface area contributed by atoms with Crippen LogP contribution in [0.25, 0.3) is 0 Å². The fourth-order valence-electron chi connectivity index (χ4n) is 1.93. The number of amides is 1. The van der Waals surface area contributed by atoms with Crippen LogP contribution in [0.1, 0.15) is 0 Å². The second-order valence-corrected chi connectivity index (χ2v) is 3.21.